The van der Waals surface area contributed by atoms with E-state index >= 15 is 0 Å². The number of hydrogen-bond donors (Lipinski definition) is 1. The highest BCUT2D eigenvalue weighted by atomic mass is 79.9. The highest BCUT2D eigenvalue weighted by Crippen LogP contribution is 2.82. The number of carbonyl (C=O) groups excluding carboxylic acids is 1. The predicted octanol–water partition coefficient (Wildman–Crippen LogP) is 5.93. The molecule has 0 radical (unpaired) electrons. The van der Waals surface area contributed by atoms with Crippen molar-refractivity contribution in [2.75, 3.05) is 5.32 Å². The molecule has 3 aliphatic rings. The summed E-state index contributed by atoms with van der Waals surface area (Å²) in [6.45, 7) is 8.62. The minimum atomic E-state index is -0.356. The van der Waals surface area contributed by atoms with Crippen molar-refractivity contribution in [1.29, 1.82) is 0 Å². The minimum absolute atomic E-state index is 0.0630. The molecule has 126 valence electrons. The van der Waals surface area contributed by atoms with Gasteiger partial charge in [0.25, 0.3) is 0 Å². The molecule has 0 aliphatic heterocycles. The van der Waals surface area contributed by atoms with Crippen molar-refractivity contribution in [2.45, 2.75) is 49.1 Å². The molecule has 0 aromatic heterocycles. The molecule has 2 nitrogen and oxygen atoms in total. The lowest BCUT2D eigenvalue weighted by molar-refractivity contribution is -0.155. The van der Waals surface area contributed by atoms with Gasteiger partial charge in [0, 0.05) is 15.9 Å². The van der Waals surface area contributed by atoms with Gasteiger partial charge in [-0.2, -0.15) is 0 Å². The Morgan fingerprint density at radius 3 is 2.35 bits per heavy atom. The summed E-state index contributed by atoms with van der Waals surface area (Å²) in [5, 5.41) is 3.17. The van der Waals surface area contributed by atoms with E-state index < -0.39 is 0 Å². The zero-order valence-electron chi connectivity index (χ0n) is 13.8. The van der Waals surface area contributed by atoms with Crippen LogP contribution in [0, 0.1) is 30.1 Å². The number of fused-ring (bicyclic) bond motifs is 1. The van der Waals surface area contributed by atoms with Gasteiger partial charge in [-0.15, -0.1) is 0 Å². The van der Waals surface area contributed by atoms with Crippen LogP contribution in [-0.4, -0.2) is 14.5 Å². The lowest BCUT2D eigenvalue weighted by atomic mass is 9.43. The molecule has 1 aromatic carbocycles. The number of hydrogen-bond acceptors (Lipinski definition) is 1. The molecule has 0 spiro atoms. The Bertz CT molecular complexity index is 672. The van der Waals surface area contributed by atoms with E-state index in [0.29, 0.717) is 0 Å². The van der Waals surface area contributed by atoms with Gasteiger partial charge in [0.2, 0.25) is 5.91 Å². The monoisotopic (exact) mass is 505 g/mol. The van der Waals surface area contributed by atoms with Crippen LogP contribution in [0.1, 0.15) is 37.8 Å². The summed E-state index contributed by atoms with van der Waals surface area (Å²) in [6, 6.07) is 6.11. The Hall–Kier alpha value is 0.130. The van der Waals surface area contributed by atoms with Crippen molar-refractivity contribution in [3.63, 3.8) is 0 Å². The van der Waals surface area contributed by atoms with Crippen LogP contribution in [0.4, 0.5) is 5.69 Å². The molecule has 3 atom stereocenters. The van der Waals surface area contributed by atoms with Gasteiger partial charge in [-0.3, -0.25) is 4.79 Å². The standard InChI is InChI=1S/C18H22Br3NO/c1-10-5-6-12(9-11(10)2)22-15(23)18-8-7-17(13(18)19,14(20)21)16(18,3)4/h5-6,9,13-14H,7-8H2,1-4H3,(H,22,23). The van der Waals surface area contributed by atoms with E-state index in [1.54, 1.807) is 0 Å². The molecule has 1 amide bonds. The number of benzene rings is 1. The topological polar surface area (TPSA) is 29.1 Å². The molecule has 3 aliphatic carbocycles. The number of alkyl halides is 3. The predicted molar refractivity (Wildman–Crippen MR) is 107 cm³/mol. The molecular weight excluding hydrogens is 486 g/mol. The number of amides is 1. The Morgan fingerprint density at radius 2 is 1.87 bits per heavy atom. The maximum atomic E-state index is 13.2. The van der Waals surface area contributed by atoms with Crippen LogP contribution in [0.15, 0.2) is 18.2 Å². The van der Waals surface area contributed by atoms with E-state index in [1.807, 2.05) is 6.07 Å². The first kappa shape index (κ1) is 17.9. The van der Waals surface area contributed by atoms with Crippen molar-refractivity contribution in [3.8, 4) is 0 Å². The Kier molecular flexibility index (Phi) is 4.34. The van der Waals surface area contributed by atoms with Gasteiger partial charge in [-0.1, -0.05) is 67.7 Å². The average molecular weight is 508 g/mol. The Balaban J connectivity index is 1.90. The molecule has 23 heavy (non-hydrogen) atoms. The molecule has 0 saturated heterocycles. The molecule has 3 unspecified atom stereocenters. The molecule has 0 heterocycles. The molecule has 4 rings (SSSR count). The fraction of sp³-hybridized carbons (Fsp3) is 0.611. The number of carbonyl (C=O) groups is 1. The second-order valence-corrected chi connectivity index (χ2v) is 11.5. The molecular formula is C18H22Br3NO. The van der Waals surface area contributed by atoms with Crippen molar-refractivity contribution >= 4 is 59.4 Å². The van der Waals surface area contributed by atoms with E-state index in [0.717, 1.165) is 18.5 Å². The van der Waals surface area contributed by atoms with Crippen LogP contribution in [0.5, 0.6) is 0 Å². The third-order valence-corrected chi connectivity index (χ3v) is 9.89. The second kappa shape index (κ2) is 5.57. The third kappa shape index (κ3) is 2.05. The zero-order chi connectivity index (χ0) is 17.2. The highest BCUT2D eigenvalue weighted by Gasteiger charge is 2.83. The van der Waals surface area contributed by atoms with Crippen LogP contribution in [-0.2, 0) is 4.79 Å². The first-order valence-electron chi connectivity index (χ1n) is 7.92. The summed E-state index contributed by atoms with van der Waals surface area (Å²) in [6.07, 6.45) is 1.96. The molecule has 3 fully saturated rings. The Labute approximate surface area is 163 Å². The zero-order valence-corrected chi connectivity index (χ0v) is 18.6. The SMILES string of the molecule is Cc1ccc(NC(=O)C23CCC(C(Br)Br)(C2Br)C3(C)C)cc1C. The van der Waals surface area contributed by atoms with E-state index in [4.69, 9.17) is 0 Å². The maximum absolute atomic E-state index is 13.2. The molecule has 5 heteroatoms. The average Bonchev–Trinajstić information content (AvgIpc) is 2.92. The smallest absolute Gasteiger partial charge is 0.232 e. The van der Waals surface area contributed by atoms with Crippen LogP contribution in [0.3, 0.4) is 0 Å². The third-order valence-electron chi connectivity index (χ3n) is 6.66. The number of nitrogens with one attached hydrogen (secondary N) is 1. The fourth-order valence-corrected chi connectivity index (χ4v) is 9.68. The summed E-state index contributed by atoms with van der Waals surface area (Å²) in [5.74, 6) is 0.140. The van der Waals surface area contributed by atoms with Crippen LogP contribution < -0.4 is 5.32 Å². The van der Waals surface area contributed by atoms with Gasteiger partial charge in [0.05, 0.1) is 9.15 Å². The Morgan fingerprint density at radius 1 is 1.22 bits per heavy atom. The van der Waals surface area contributed by atoms with Crippen molar-refractivity contribution in [3.05, 3.63) is 29.3 Å². The van der Waals surface area contributed by atoms with E-state index in [-0.39, 0.29) is 30.7 Å². The molecule has 1 N–H and O–H groups in total. The number of aryl methyl sites for hydroxylation is 2. The minimum Gasteiger partial charge on any atom is -0.326 e. The lowest BCUT2D eigenvalue weighted by Gasteiger charge is -2.66. The molecule has 1 aromatic rings. The quantitative estimate of drug-likeness (QED) is 0.505. The normalized spacial score (nSPS) is 34.3. The van der Waals surface area contributed by atoms with Gasteiger partial charge >= 0.3 is 0 Å². The largest absolute Gasteiger partial charge is 0.326 e. The summed E-state index contributed by atoms with van der Waals surface area (Å²) in [5.41, 5.74) is 2.96. The van der Waals surface area contributed by atoms with Crippen molar-refractivity contribution < 1.29 is 4.79 Å². The first-order chi connectivity index (χ1) is 10.6. The summed E-state index contributed by atoms with van der Waals surface area (Å²) in [4.78, 5) is 13.4. The molecule has 3 saturated carbocycles. The number of halogens is 3. The van der Waals surface area contributed by atoms with Gasteiger partial charge in [-0.25, -0.2) is 0 Å². The van der Waals surface area contributed by atoms with Crippen molar-refractivity contribution in [1.82, 2.24) is 0 Å². The number of rotatable bonds is 3. The van der Waals surface area contributed by atoms with E-state index in [1.165, 1.54) is 11.1 Å². The lowest BCUT2D eigenvalue weighted by Crippen LogP contribution is -2.71. The van der Waals surface area contributed by atoms with Crippen LogP contribution in [0.25, 0.3) is 0 Å². The molecule has 2 bridgehead atoms. The van der Waals surface area contributed by atoms with Gasteiger partial charge < -0.3 is 5.32 Å². The van der Waals surface area contributed by atoms with Gasteiger partial charge in [0.1, 0.15) is 0 Å². The maximum Gasteiger partial charge on any atom is 0.232 e. The van der Waals surface area contributed by atoms with Gasteiger partial charge in [0.15, 0.2) is 0 Å². The second-order valence-electron chi connectivity index (χ2n) is 7.55. The van der Waals surface area contributed by atoms with Crippen LogP contribution in [0.2, 0.25) is 0 Å². The van der Waals surface area contributed by atoms with E-state index in [9.17, 15) is 4.79 Å². The summed E-state index contributed by atoms with van der Waals surface area (Å²) in [7, 11) is 0. The summed E-state index contributed by atoms with van der Waals surface area (Å²) < 4.78 is 0.201. The summed E-state index contributed by atoms with van der Waals surface area (Å²) >= 11 is 11.3. The van der Waals surface area contributed by atoms with Crippen LogP contribution >= 0.6 is 47.8 Å². The fourth-order valence-electron chi connectivity index (χ4n) is 4.76. The van der Waals surface area contributed by atoms with E-state index in [2.05, 4.69) is 92.9 Å². The van der Waals surface area contributed by atoms with Crippen molar-refractivity contribution in [2.24, 2.45) is 16.2 Å². The first-order valence-corrected chi connectivity index (χ1v) is 10.7. The highest BCUT2D eigenvalue weighted by molar-refractivity contribution is 9.24. The van der Waals surface area contributed by atoms with Gasteiger partial charge in [-0.05, 0) is 55.4 Å². The number of anilines is 1.